The molecule has 5 heteroatoms. The van der Waals surface area contributed by atoms with Crippen LogP contribution in [0.5, 0.6) is 5.75 Å². The number of carbonyl (C=O) groups is 1. The van der Waals surface area contributed by atoms with Gasteiger partial charge in [0.15, 0.2) is 0 Å². The molecule has 1 amide bonds. The summed E-state index contributed by atoms with van der Waals surface area (Å²) < 4.78 is 7.41. The summed E-state index contributed by atoms with van der Waals surface area (Å²) in [5.41, 5.74) is 2.71. The van der Waals surface area contributed by atoms with Gasteiger partial charge in [0.25, 0.3) is 5.91 Å². The first-order valence-corrected chi connectivity index (χ1v) is 8.59. The molecule has 1 aromatic carbocycles. The van der Waals surface area contributed by atoms with E-state index in [0.717, 1.165) is 35.4 Å². The number of carbonyl (C=O) groups excluding carboxylic acids is 1. The zero-order chi connectivity index (χ0) is 17.1. The topological polar surface area (TPSA) is 47.4 Å². The van der Waals surface area contributed by atoms with E-state index >= 15 is 0 Å². The van der Waals surface area contributed by atoms with Crippen LogP contribution >= 0.6 is 0 Å². The molecule has 0 N–H and O–H groups in total. The first kappa shape index (κ1) is 16.6. The molecular weight excluding hydrogens is 302 g/mol. The molecule has 0 unspecified atom stereocenters. The molecule has 0 radical (unpaired) electrons. The Balaban J connectivity index is 1.78. The fourth-order valence-electron chi connectivity index (χ4n) is 3.12. The van der Waals surface area contributed by atoms with E-state index in [1.165, 1.54) is 6.42 Å². The lowest BCUT2D eigenvalue weighted by Crippen LogP contribution is -2.28. The maximum absolute atomic E-state index is 12.9. The number of hydrogen-bond acceptors (Lipinski definition) is 3. The molecule has 3 rings (SSSR count). The first-order valence-electron chi connectivity index (χ1n) is 8.59. The van der Waals surface area contributed by atoms with Crippen molar-refractivity contribution in [2.24, 2.45) is 7.05 Å². The van der Waals surface area contributed by atoms with E-state index in [1.807, 2.05) is 51.5 Å². The van der Waals surface area contributed by atoms with Crippen LogP contribution in [-0.2, 0) is 13.6 Å². The van der Waals surface area contributed by atoms with Crippen molar-refractivity contribution in [1.82, 2.24) is 14.7 Å². The monoisotopic (exact) mass is 327 g/mol. The molecule has 1 saturated carbocycles. The summed E-state index contributed by atoms with van der Waals surface area (Å²) in [5, 5.41) is 4.53. The lowest BCUT2D eigenvalue weighted by atomic mass is 9.81. The summed E-state index contributed by atoms with van der Waals surface area (Å²) in [6, 6.07) is 7.87. The van der Waals surface area contributed by atoms with Crippen LogP contribution in [-0.4, -0.2) is 34.2 Å². The molecule has 128 valence electrons. The number of ether oxygens (including phenoxy) is 1. The number of para-hydroxylation sites is 1. The fraction of sp³-hybridized carbons (Fsp3) is 0.474. The number of rotatable bonds is 6. The Labute approximate surface area is 143 Å². The minimum absolute atomic E-state index is 0.0244. The first-order chi connectivity index (χ1) is 11.6. The summed E-state index contributed by atoms with van der Waals surface area (Å²) in [6.07, 6.45) is 5.34. The number of amides is 1. The molecule has 0 saturated heterocycles. The zero-order valence-electron chi connectivity index (χ0n) is 14.7. The Bertz CT molecular complexity index is 719. The van der Waals surface area contributed by atoms with Crippen molar-refractivity contribution in [2.45, 2.75) is 38.6 Å². The Morgan fingerprint density at radius 2 is 2.12 bits per heavy atom. The van der Waals surface area contributed by atoms with Crippen LogP contribution in [0.15, 0.2) is 30.5 Å². The van der Waals surface area contributed by atoms with E-state index in [2.05, 4.69) is 5.10 Å². The van der Waals surface area contributed by atoms with Gasteiger partial charge in [-0.2, -0.15) is 5.10 Å². The summed E-state index contributed by atoms with van der Waals surface area (Å²) in [4.78, 5) is 14.7. The van der Waals surface area contributed by atoms with E-state index in [-0.39, 0.29) is 5.91 Å². The summed E-state index contributed by atoms with van der Waals surface area (Å²) >= 11 is 0. The highest BCUT2D eigenvalue weighted by atomic mass is 16.5. The lowest BCUT2D eigenvalue weighted by Gasteiger charge is -2.25. The van der Waals surface area contributed by atoms with Gasteiger partial charge in [-0.1, -0.05) is 24.6 Å². The van der Waals surface area contributed by atoms with E-state index in [0.29, 0.717) is 19.1 Å². The standard InChI is InChI=1S/C19H25N3O2/c1-4-24-17-11-6-5-8-15(17)12-21(2)19(23)16-13-22(3)20-18(16)14-9-7-10-14/h5-6,8,11,13-14H,4,7,9-10,12H2,1-3H3. The average molecular weight is 327 g/mol. The predicted octanol–water partition coefficient (Wildman–Crippen LogP) is 3.36. The normalized spacial score (nSPS) is 14.3. The third kappa shape index (κ3) is 3.30. The molecule has 5 nitrogen and oxygen atoms in total. The van der Waals surface area contributed by atoms with Gasteiger partial charge in [0, 0.05) is 38.3 Å². The van der Waals surface area contributed by atoms with Gasteiger partial charge in [-0.15, -0.1) is 0 Å². The number of aromatic nitrogens is 2. The van der Waals surface area contributed by atoms with Crippen LogP contribution < -0.4 is 4.74 Å². The third-order valence-electron chi connectivity index (χ3n) is 4.61. The molecule has 1 aliphatic carbocycles. The highest BCUT2D eigenvalue weighted by Gasteiger charge is 2.29. The van der Waals surface area contributed by atoms with Crippen molar-refractivity contribution in [2.75, 3.05) is 13.7 Å². The zero-order valence-corrected chi connectivity index (χ0v) is 14.7. The average Bonchev–Trinajstić information content (AvgIpc) is 2.88. The molecule has 1 fully saturated rings. The van der Waals surface area contributed by atoms with Crippen LogP contribution in [0.2, 0.25) is 0 Å². The molecule has 1 aromatic heterocycles. The van der Waals surface area contributed by atoms with Gasteiger partial charge in [0.2, 0.25) is 0 Å². The second kappa shape index (κ2) is 7.07. The fourth-order valence-corrected chi connectivity index (χ4v) is 3.12. The van der Waals surface area contributed by atoms with Crippen molar-refractivity contribution >= 4 is 5.91 Å². The minimum Gasteiger partial charge on any atom is -0.494 e. The Morgan fingerprint density at radius 1 is 1.38 bits per heavy atom. The van der Waals surface area contributed by atoms with Gasteiger partial charge >= 0.3 is 0 Å². The van der Waals surface area contributed by atoms with Crippen molar-refractivity contribution < 1.29 is 9.53 Å². The molecule has 0 aliphatic heterocycles. The van der Waals surface area contributed by atoms with Crippen LogP contribution in [0.3, 0.4) is 0 Å². The van der Waals surface area contributed by atoms with Gasteiger partial charge < -0.3 is 9.64 Å². The highest BCUT2D eigenvalue weighted by Crippen LogP contribution is 2.37. The molecule has 1 aliphatic rings. The summed E-state index contributed by atoms with van der Waals surface area (Å²) in [7, 11) is 3.71. The van der Waals surface area contributed by atoms with Crippen LogP contribution in [0, 0.1) is 0 Å². The van der Waals surface area contributed by atoms with Crippen molar-refractivity contribution in [1.29, 1.82) is 0 Å². The Hall–Kier alpha value is -2.30. The number of benzene rings is 1. The van der Waals surface area contributed by atoms with Crippen molar-refractivity contribution in [3.05, 3.63) is 47.3 Å². The van der Waals surface area contributed by atoms with Gasteiger partial charge in [-0.05, 0) is 25.8 Å². The number of hydrogen-bond donors (Lipinski definition) is 0. The van der Waals surface area contributed by atoms with Gasteiger partial charge in [0.1, 0.15) is 5.75 Å². The Morgan fingerprint density at radius 3 is 2.79 bits per heavy atom. The maximum Gasteiger partial charge on any atom is 0.257 e. The molecule has 0 atom stereocenters. The van der Waals surface area contributed by atoms with Crippen molar-refractivity contribution in [3.63, 3.8) is 0 Å². The third-order valence-corrected chi connectivity index (χ3v) is 4.61. The lowest BCUT2D eigenvalue weighted by molar-refractivity contribution is 0.0781. The van der Waals surface area contributed by atoms with Crippen LogP contribution in [0.25, 0.3) is 0 Å². The predicted molar refractivity (Wildman–Crippen MR) is 93.2 cm³/mol. The maximum atomic E-state index is 12.9. The molecule has 0 bridgehead atoms. The van der Waals surface area contributed by atoms with E-state index in [4.69, 9.17) is 4.74 Å². The Kier molecular flexibility index (Phi) is 4.88. The minimum atomic E-state index is 0.0244. The van der Waals surface area contributed by atoms with Gasteiger partial charge in [-0.3, -0.25) is 9.48 Å². The highest BCUT2D eigenvalue weighted by molar-refractivity contribution is 5.95. The quantitative estimate of drug-likeness (QED) is 0.817. The molecular formula is C19H25N3O2. The number of nitrogens with zero attached hydrogens (tertiary/aromatic N) is 3. The van der Waals surface area contributed by atoms with Crippen LogP contribution in [0.4, 0.5) is 0 Å². The largest absolute Gasteiger partial charge is 0.494 e. The second-order valence-electron chi connectivity index (χ2n) is 6.43. The summed E-state index contributed by atoms with van der Waals surface area (Å²) in [6.45, 7) is 3.10. The smallest absolute Gasteiger partial charge is 0.257 e. The molecule has 24 heavy (non-hydrogen) atoms. The number of aryl methyl sites for hydroxylation is 1. The SMILES string of the molecule is CCOc1ccccc1CN(C)C(=O)c1cn(C)nc1C1CCC1. The molecule has 0 spiro atoms. The van der Waals surface area contributed by atoms with Gasteiger partial charge in [0.05, 0.1) is 17.9 Å². The molecule has 1 heterocycles. The van der Waals surface area contributed by atoms with Crippen LogP contribution in [0.1, 0.15) is 53.7 Å². The summed E-state index contributed by atoms with van der Waals surface area (Å²) in [5.74, 6) is 1.30. The van der Waals surface area contributed by atoms with E-state index in [9.17, 15) is 4.79 Å². The van der Waals surface area contributed by atoms with E-state index < -0.39 is 0 Å². The van der Waals surface area contributed by atoms with Gasteiger partial charge in [-0.25, -0.2) is 0 Å². The van der Waals surface area contributed by atoms with E-state index in [1.54, 1.807) is 9.58 Å². The van der Waals surface area contributed by atoms with Crippen molar-refractivity contribution in [3.8, 4) is 5.75 Å². The second-order valence-corrected chi connectivity index (χ2v) is 6.43. The molecule has 2 aromatic rings.